The summed E-state index contributed by atoms with van der Waals surface area (Å²) in [4.78, 5) is 22.8. The third-order valence-corrected chi connectivity index (χ3v) is 2.52. The van der Waals surface area contributed by atoms with Gasteiger partial charge in [-0.1, -0.05) is 15.9 Å². The molecule has 3 N–H and O–H groups in total. The first kappa shape index (κ1) is 14.6. The third kappa shape index (κ3) is 5.24. The number of carbonyl (C=O) groups excluding carboxylic acids is 1. The summed E-state index contributed by atoms with van der Waals surface area (Å²) in [6.45, 7) is -0.400. The normalized spacial score (nSPS) is 10.6. The molecule has 0 aliphatic rings. The van der Waals surface area contributed by atoms with E-state index in [1.54, 1.807) is 6.07 Å². The Balaban J connectivity index is 2.80. The molecule has 5 nitrogen and oxygen atoms in total. The second-order valence-corrected chi connectivity index (χ2v) is 4.70. The average molecular weight is 319 g/mol. The molecule has 0 fully saturated rings. The van der Waals surface area contributed by atoms with E-state index in [2.05, 4.69) is 15.9 Å². The van der Waals surface area contributed by atoms with Gasteiger partial charge in [-0.15, -0.1) is 0 Å². The summed E-state index contributed by atoms with van der Waals surface area (Å²) >= 11 is 3.14. The zero-order chi connectivity index (χ0) is 13.7. The summed E-state index contributed by atoms with van der Waals surface area (Å²) in [5.74, 6) is -2.15. The average Bonchev–Trinajstić information content (AvgIpc) is 2.12. The molecule has 7 heteroatoms. The van der Waals surface area contributed by atoms with E-state index in [4.69, 9.17) is 10.8 Å². The number of rotatable bonds is 6. The van der Waals surface area contributed by atoms with E-state index >= 15 is 0 Å². The van der Waals surface area contributed by atoms with Crippen molar-refractivity contribution in [2.75, 3.05) is 13.1 Å². The van der Waals surface area contributed by atoms with E-state index in [0.717, 1.165) is 0 Å². The van der Waals surface area contributed by atoms with Gasteiger partial charge in [-0.05, 0) is 23.8 Å². The zero-order valence-electron chi connectivity index (χ0n) is 9.40. The van der Waals surface area contributed by atoms with Crippen LogP contribution in [-0.2, 0) is 16.1 Å². The molecular formula is C11H12BrFN2O3. The van der Waals surface area contributed by atoms with E-state index in [9.17, 15) is 14.0 Å². The van der Waals surface area contributed by atoms with Crippen molar-refractivity contribution in [3.05, 3.63) is 34.1 Å². The number of carboxylic acids is 1. The number of amides is 1. The number of hydrogen-bond acceptors (Lipinski definition) is 3. The van der Waals surface area contributed by atoms with Crippen molar-refractivity contribution in [3.63, 3.8) is 0 Å². The lowest BCUT2D eigenvalue weighted by atomic mass is 10.2. The summed E-state index contributed by atoms with van der Waals surface area (Å²) < 4.78 is 13.7. The molecule has 0 aromatic heterocycles. The molecule has 1 aromatic rings. The van der Waals surface area contributed by atoms with Crippen LogP contribution in [0.3, 0.4) is 0 Å². The van der Waals surface area contributed by atoms with E-state index in [1.165, 1.54) is 17.0 Å². The number of benzene rings is 1. The molecule has 0 aliphatic heterocycles. The second kappa shape index (κ2) is 6.46. The van der Waals surface area contributed by atoms with Crippen molar-refractivity contribution in [1.82, 2.24) is 4.90 Å². The summed E-state index contributed by atoms with van der Waals surface area (Å²) in [6.07, 6.45) is 0. The number of nitrogens with two attached hydrogens (primary N) is 1. The van der Waals surface area contributed by atoms with Crippen LogP contribution in [0.2, 0.25) is 0 Å². The zero-order valence-corrected chi connectivity index (χ0v) is 11.0. The molecule has 0 saturated carbocycles. The Morgan fingerprint density at radius 2 is 2.00 bits per heavy atom. The molecule has 18 heavy (non-hydrogen) atoms. The highest BCUT2D eigenvalue weighted by atomic mass is 79.9. The molecule has 0 bridgehead atoms. The van der Waals surface area contributed by atoms with Crippen LogP contribution in [0, 0.1) is 5.82 Å². The Labute approximate surface area is 112 Å². The topological polar surface area (TPSA) is 83.6 Å². The fourth-order valence-electron chi connectivity index (χ4n) is 1.54. The first-order valence-electron chi connectivity index (χ1n) is 5.04. The molecule has 0 aliphatic carbocycles. The van der Waals surface area contributed by atoms with Gasteiger partial charge in [-0.25, -0.2) is 4.39 Å². The molecule has 98 valence electrons. The Morgan fingerprint density at radius 3 is 2.50 bits per heavy atom. The SMILES string of the molecule is NC(=O)CN(CC(=O)O)Cc1cc(F)cc(Br)c1. The Morgan fingerprint density at radius 1 is 1.33 bits per heavy atom. The number of hydrogen-bond donors (Lipinski definition) is 2. The van der Waals surface area contributed by atoms with Crippen LogP contribution in [0.15, 0.2) is 22.7 Å². The van der Waals surface area contributed by atoms with E-state index in [1.807, 2.05) is 0 Å². The van der Waals surface area contributed by atoms with Gasteiger partial charge in [0.2, 0.25) is 5.91 Å². The maximum atomic E-state index is 13.1. The van der Waals surface area contributed by atoms with E-state index in [-0.39, 0.29) is 19.6 Å². The first-order valence-corrected chi connectivity index (χ1v) is 5.83. The smallest absolute Gasteiger partial charge is 0.317 e. The minimum absolute atomic E-state index is 0.131. The fraction of sp³-hybridized carbons (Fsp3) is 0.273. The fourth-order valence-corrected chi connectivity index (χ4v) is 2.05. The van der Waals surface area contributed by atoms with Gasteiger partial charge < -0.3 is 10.8 Å². The van der Waals surface area contributed by atoms with Gasteiger partial charge in [0.1, 0.15) is 5.82 Å². The highest BCUT2D eigenvalue weighted by Crippen LogP contribution is 2.16. The van der Waals surface area contributed by atoms with Crippen molar-refractivity contribution in [1.29, 1.82) is 0 Å². The predicted molar refractivity (Wildman–Crippen MR) is 66.2 cm³/mol. The van der Waals surface area contributed by atoms with Gasteiger partial charge in [0.15, 0.2) is 0 Å². The maximum Gasteiger partial charge on any atom is 0.317 e. The molecule has 0 saturated heterocycles. The molecule has 1 amide bonds. The third-order valence-electron chi connectivity index (χ3n) is 2.07. The van der Waals surface area contributed by atoms with E-state index in [0.29, 0.717) is 10.0 Å². The Hall–Kier alpha value is -1.47. The number of aliphatic carboxylic acids is 1. The lowest BCUT2D eigenvalue weighted by Crippen LogP contribution is -2.36. The summed E-state index contributed by atoms with van der Waals surface area (Å²) in [5, 5.41) is 8.71. The maximum absolute atomic E-state index is 13.1. The van der Waals surface area contributed by atoms with Gasteiger partial charge in [-0.3, -0.25) is 14.5 Å². The van der Waals surface area contributed by atoms with E-state index < -0.39 is 17.7 Å². The molecular weight excluding hydrogens is 307 g/mol. The van der Waals surface area contributed by atoms with Gasteiger partial charge in [0.05, 0.1) is 13.1 Å². The van der Waals surface area contributed by atoms with Crippen molar-refractivity contribution in [2.45, 2.75) is 6.54 Å². The predicted octanol–water partition coefficient (Wildman–Crippen LogP) is 0.960. The standard InChI is InChI=1S/C11H12BrFN2O3/c12-8-1-7(2-9(13)3-8)4-15(5-10(14)16)6-11(17)18/h1-3H,4-6H2,(H2,14,16)(H,17,18). The molecule has 1 aromatic carbocycles. The lowest BCUT2D eigenvalue weighted by Gasteiger charge is -2.18. The summed E-state index contributed by atoms with van der Waals surface area (Å²) in [5.41, 5.74) is 5.59. The van der Waals surface area contributed by atoms with Gasteiger partial charge in [-0.2, -0.15) is 0 Å². The number of primary amides is 1. The highest BCUT2D eigenvalue weighted by Gasteiger charge is 2.13. The molecule has 0 radical (unpaired) electrons. The monoisotopic (exact) mass is 318 g/mol. The van der Waals surface area contributed by atoms with Gasteiger partial charge in [0.25, 0.3) is 0 Å². The minimum Gasteiger partial charge on any atom is -0.480 e. The minimum atomic E-state index is -1.08. The molecule has 0 atom stereocenters. The summed E-state index contributed by atoms with van der Waals surface area (Å²) in [7, 11) is 0. The second-order valence-electron chi connectivity index (χ2n) is 3.78. The van der Waals surface area contributed by atoms with Crippen molar-refractivity contribution >= 4 is 27.8 Å². The number of carbonyl (C=O) groups is 2. The van der Waals surface area contributed by atoms with Crippen molar-refractivity contribution in [2.24, 2.45) is 5.73 Å². The first-order chi connectivity index (χ1) is 8.36. The van der Waals surface area contributed by atoms with Crippen molar-refractivity contribution in [3.8, 4) is 0 Å². The molecule has 0 unspecified atom stereocenters. The van der Waals surface area contributed by atoms with Gasteiger partial charge in [0, 0.05) is 11.0 Å². The summed E-state index contributed by atoms with van der Waals surface area (Å²) in [6, 6.07) is 4.22. The molecule has 0 heterocycles. The number of carboxylic acid groups (broad SMARTS) is 1. The molecule has 1 rings (SSSR count). The lowest BCUT2D eigenvalue weighted by molar-refractivity contribution is -0.138. The van der Waals surface area contributed by atoms with Crippen LogP contribution in [0.5, 0.6) is 0 Å². The van der Waals surface area contributed by atoms with Crippen LogP contribution in [0.4, 0.5) is 4.39 Å². The van der Waals surface area contributed by atoms with Crippen LogP contribution in [0.1, 0.15) is 5.56 Å². The van der Waals surface area contributed by atoms with Crippen LogP contribution in [0.25, 0.3) is 0 Å². The van der Waals surface area contributed by atoms with Gasteiger partial charge >= 0.3 is 5.97 Å². The number of halogens is 2. The highest BCUT2D eigenvalue weighted by molar-refractivity contribution is 9.10. The van der Waals surface area contributed by atoms with Crippen LogP contribution < -0.4 is 5.73 Å². The molecule has 0 spiro atoms. The quantitative estimate of drug-likeness (QED) is 0.818. The van der Waals surface area contributed by atoms with Crippen LogP contribution in [-0.4, -0.2) is 35.0 Å². The Kier molecular flexibility index (Phi) is 5.24. The number of nitrogens with zero attached hydrogens (tertiary/aromatic N) is 1. The van der Waals surface area contributed by atoms with Crippen LogP contribution >= 0.6 is 15.9 Å². The van der Waals surface area contributed by atoms with Crippen molar-refractivity contribution < 1.29 is 19.1 Å². The largest absolute Gasteiger partial charge is 0.480 e. The Bertz CT molecular complexity index is 431.